The van der Waals surface area contributed by atoms with Crippen LogP contribution in [0.5, 0.6) is 5.75 Å². The molecule has 1 aromatic heterocycles. The van der Waals surface area contributed by atoms with Crippen LogP contribution in [0.3, 0.4) is 0 Å². The molecule has 37 heavy (non-hydrogen) atoms. The van der Waals surface area contributed by atoms with Crippen LogP contribution in [0.1, 0.15) is 33.9 Å². The highest BCUT2D eigenvalue weighted by atomic mass is 16.7. The maximum absolute atomic E-state index is 12.6. The van der Waals surface area contributed by atoms with Crippen LogP contribution in [-0.2, 0) is 19.1 Å². The first kappa shape index (κ1) is 25.9. The number of aryl methyl sites for hydroxylation is 1. The number of aromatic nitrogens is 1. The lowest BCUT2D eigenvalue weighted by molar-refractivity contribution is -0.144. The number of hydrogen-bond acceptors (Lipinski definition) is 10. The second-order valence-corrected chi connectivity index (χ2v) is 8.63. The summed E-state index contributed by atoms with van der Waals surface area (Å²) in [5.41, 5.74) is 1.53. The molecule has 0 saturated carbocycles. The summed E-state index contributed by atoms with van der Waals surface area (Å²) in [7, 11) is 0. The summed E-state index contributed by atoms with van der Waals surface area (Å²) in [6.45, 7) is 3.05. The van der Waals surface area contributed by atoms with Crippen molar-refractivity contribution in [2.45, 2.75) is 25.2 Å². The number of guanidine groups is 1. The Kier molecular flexibility index (Phi) is 7.84. The number of ether oxygens (including phenoxy) is 2. The van der Waals surface area contributed by atoms with Crippen LogP contribution in [0, 0.1) is 6.92 Å². The first-order chi connectivity index (χ1) is 17.7. The molecule has 0 aliphatic carbocycles. The predicted octanol–water partition coefficient (Wildman–Crippen LogP) is 0.272. The van der Waals surface area contributed by atoms with Crippen LogP contribution in [0.15, 0.2) is 41.7 Å². The van der Waals surface area contributed by atoms with Crippen molar-refractivity contribution in [2.75, 3.05) is 38.2 Å². The number of nitrogens with one attached hydrogen (secondary N) is 4. The fourth-order valence-corrected chi connectivity index (χ4v) is 3.96. The fraction of sp³-hybridized carbons (Fsp3) is 0.375. The summed E-state index contributed by atoms with van der Waals surface area (Å²) in [6, 6.07) is 5.44. The molecule has 2 amide bonds. The number of hydrogen-bond donors (Lipinski definition) is 6. The summed E-state index contributed by atoms with van der Waals surface area (Å²) in [6.07, 6.45) is 2.43. The van der Waals surface area contributed by atoms with E-state index in [1.54, 1.807) is 25.1 Å². The zero-order valence-corrected chi connectivity index (χ0v) is 20.1. The molecule has 0 radical (unpaired) electrons. The molecule has 1 spiro atoms. The monoisotopic (exact) mass is 512 g/mol. The molecule has 13 nitrogen and oxygen atoms in total. The zero-order chi connectivity index (χ0) is 26.4. The van der Waals surface area contributed by atoms with Crippen molar-refractivity contribution < 1.29 is 34.1 Å². The number of aliphatic carboxylic acids is 1. The molecule has 1 aromatic carbocycles. The third kappa shape index (κ3) is 6.51. The van der Waals surface area contributed by atoms with E-state index in [-0.39, 0.29) is 16.9 Å². The van der Waals surface area contributed by atoms with Gasteiger partial charge in [-0.05, 0) is 18.6 Å². The highest BCUT2D eigenvalue weighted by molar-refractivity contribution is 5.99. The third-order valence-corrected chi connectivity index (χ3v) is 5.85. The molecule has 4 rings (SSSR count). The SMILES string of the molecule is Cc1cccc(C(CC(=O)O)NC(=O)CNC(=O)c2cncc(NC3=NCC4(CN3)OCCO4)c2)c1O. The smallest absolute Gasteiger partial charge is 0.305 e. The Morgan fingerprint density at radius 1 is 1.22 bits per heavy atom. The number of carboxylic acid groups (broad SMARTS) is 1. The van der Waals surface area contributed by atoms with Crippen LogP contribution in [0.4, 0.5) is 5.69 Å². The minimum Gasteiger partial charge on any atom is -0.507 e. The fourth-order valence-electron chi connectivity index (χ4n) is 3.96. The van der Waals surface area contributed by atoms with Gasteiger partial charge in [-0.2, -0.15) is 0 Å². The molecule has 6 N–H and O–H groups in total. The molecule has 2 aromatic rings. The van der Waals surface area contributed by atoms with Crippen LogP contribution < -0.4 is 21.3 Å². The van der Waals surface area contributed by atoms with Crippen LogP contribution >= 0.6 is 0 Å². The average Bonchev–Trinajstić information content (AvgIpc) is 3.33. The number of pyridine rings is 1. The normalized spacial score (nSPS) is 16.8. The van der Waals surface area contributed by atoms with E-state index >= 15 is 0 Å². The number of carbonyl (C=O) groups excluding carboxylic acids is 2. The van der Waals surface area contributed by atoms with Gasteiger partial charge in [0.05, 0.1) is 62.8 Å². The Morgan fingerprint density at radius 2 is 2.00 bits per heavy atom. The van der Waals surface area contributed by atoms with E-state index < -0.39 is 42.6 Å². The largest absolute Gasteiger partial charge is 0.507 e. The Labute approximate surface area is 212 Å². The molecule has 1 unspecified atom stereocenters. The van der Waals surface area contributed by atoms with Crippen molar-refractivity contribution in [3.63, 3.8) is 0 Å². The van der Waals surface area contributed by atoms with Gasteiger partial charge in [0.2, 0.25) is 11.7 Å². The highest BCUT2D eigenvalue weighted by Gasteiger charge is 2.39. The van der Waals surface area contributed by atoms with Gasteiger partial charge in [-0.3, -0.25) is 19.4 Å². The van der Waals surface area contributed by atoms with E-state index in [1.807, 2.05) is 0 Å². The summed E-state index contributed by atoms with van der Waals surface area (Å²) in [5.74, 6) is -2.68. The molecule has 3 heterocycles. The standard InChI is InChI=1S/C24H28N6O7/c1-14-3-2-4-17(21(14)34)18(8-20(32)33)30-19(31)11-26-22(35)15-7-16(10-25-9-15)29-23-27-12-24(13-28-23)36-5-6-37-24/h2-4,7,9-10,18,34H,5-6,8,11-13H2,1H3,(H,26,35)(H,30,31)(H,32,33)(H2,27,28,29). The summed E-state index contributed by atoms with van der Waals surface area (Å²) in [5, 5.41) is 30.7. The molecule has 2 aliphatic heterocycles. The molecule has 1 fully saturated rings. The summed E-state index contributed by atoms with van der Waals surface area (Å²) in [4.78, 5) is 44.9. The number of rotatable bonds is 8. The quantitative estimate of drug-likeness (QED) is 0.287. The number of phenols is 1. The molecule has 0 bridgehead atoms. The van der Waals surface area contributed by atoms with Gasteiger partial charge in [0.1, 0.15) is 5.75 Å². The maximum atomic E-state index is 12.6. The molecule has 196 valence electrons. The van der Waals surface area contributed by atoms with Gasteiger partial charge in [0, 0.05) is 11.8 Å². The topological polar surface area (TPSA) is 183 Å². The van der Waals surface area contributed by atoms with Crippen LogP contribution in [0.2, 0.25) is 0 Å². The van der Waals surface area contributed by atoms with E-state index in [0.717, 1.165) is 0 Å². The first-order valence-electron chi connectivity index (χ1n) is 11.6. The zero-order valence-electron chi connectivity index (χ0n) is 20.1. The van der Waals surface area contributed by atoms with E-state index in [9.17, 15) is 24.6 Å². The highest BCUT2D eigenvalue weighted by Crippen LogP contribution is 2.29. The van der Waals surface area contributed by atoms with E-state index in [1.165, 1.54) is 18.5 Å². The molecule has 1 saturated heterocycles. The lowest BCUT2D eigenvalue weighted by atomic mass is 10.00. The van der Waals surface area contributed by atoms with Gasteiger partial charge in [-0.25, -0.2) is 4.99 Å². The van der Waals surface area contributed by atoms with Gasteiger partial charge in [0.25, 0.3) is 5.91 Å². The van der Waals surface area contributed by atoms with Gasteiger partial charge in [-0.15, -0.1) is 0 Å². The second-order valence-electron chi connectivity index (χ2n) is 8.63. The van der Waals surface area contributed by atoms with Crippen molar-refractivity contribution in [1.82, 2.24) is 20.9 Å². The van der Waals surface area contributed by atoms with Gasteiger partial charge in [-0.1, -0.05) is 18.2 Å². The minimum atomic E-state index is -1.15. The number of aliphatic imine (C=N–C) groups is 1. The number of anilines is 1. The number of phenolic OH excluding ortho intramolecular Hbond substituents is 1. The van der Waals surface area contributed by atoms with Crippen molar-refractivity contribution in [2.24, 2.45) is 4.99 Å². The van der Waals surface area contributed by atoms with E-state index in [0.29, 0.717) is 43.5 Å². The van der Waals surface area contributed by atoms with Gasteiger partial charge in [0.15, 0.2) is 5.96 Å². The molecule has 2 aliphatic rings. The number of carbonyl (C=O) groups is 3. The van der Waals surface area contributed by atoms with Crippen molar-refractivity contribution in [3.8, 4) is 5.75 Å². The maximum Gasteiger partial charge on any atom is 0.305 e. The number of para-hydroxylation sites is 1. The third-order valence-electron chi connectivity index (χ3n) is 5.85. The lowest BCUT2D eigenvalue weighted by Gasteiger charge is -2.30. The minimum absolute atomic E-state index is 0.0935. The van der Waals surface area contributed by atoms with Gasteiger partial charge >= 0.3 is 5.97 Å². The van der Waals surface area contributed by atoms with E-state index in [2.05, 4.69) is 31.2 Å². The Balaban J connectivity index is 1.33. The van der Waals surface area contributed by atoms with Crippen LogP contribution in [0.25, 0.3) is 0 Å². The number of amides is 2. The number of benzene rings is 1. The van der Waals surface area contributed by atoms with E-state index in [4.69, 9.17) is 9.47 Å². The number of carboxylic acids is 1. The predicted molar refractivity (Wildman–Crippen MR) is 131 cm³/mol. The summed E-state index contributed by atoms with van der Waals surface area (Å²) >= 11 is 0. The molecular formula is C24H28N6O7. The van der Waals surface area contributed by atoms with Crippen molar-refractivity contribution in [3.05, 3.63) is 53.3 Å². The average molecular weight is 513 g/mol. The number of aromatic hydroxyl groups is 1. The Hall–Kier alpha value is -4.23. The first-order valence-corrected chi connectivity index (χ1v) is 11.6. The van der Waals surface area contributed by atoms with Crippen LogP contribution in [-0.4, -0.2) is 77.6 Å². The summed E-state index contributed by atoms with van der Waals surface area (Å²) < 4.78 is 11.2. The second kappa shape index (κ2) is 11.2. The molecular weight excluding hydrogens is 484 g/mol. The lowest BCUT2D eigenvalue weighted by Crippen LogP contribution is -2.52. The molecule has 13 heteroatoms. The van der Waals surface area contributed by atoms with Crippen molar-refractivity contribution >= 4 is 29.4 Å². The van der Waals surface area contributed by atoms with Crippen molar-refractivity contribution in [1.29, 1.82) is 0 Å². The molecule has 1 atom stereocenters. The Bertz CT molecular complexity index is 1210. The number of nitrogens with zero attached hydrogens (tertiary/aromatic N) is 2. The van der Waals surface area contributed by atoms with Gasteiger partial charge < -0.3 is 41.0 Å². The Morgan fingerprint density at radius 3 is 2.70 bits per heavy atom.